The second kappa shape index (κ2) is 14.4. The third-order valence-corrected chi connectivity index (χ3v) is 13.5. The number of likely N-dealkylation sites (tertiary alicyclic amines) is 1. The van der Waals surface area contributed by atoms with E-state index < -0.39 is 35.7 Å². The zero-order valence-corrected chi connectivity index (χ0v) is 31.9. The quantitative estimate of drug-likeness (QED) is 0.193. The monoisotopic (exact) mass is 709 g/mol. The van der Waals surface area contributed by atoms with E-state index in [0.717, 1.165) is 44.9 Å². The number of nitrogens with one attached hydrogen (secondary N) is 4. The van der Waals surface area contributed by atoms with E-state index in [1.807, 2.05) is 27.7 Å². The molecule has 11 heteroatoms. The Kier molecular flexibility index (Phi) is 10.7. The number of amides is 5. The molecule has 1 unspecified atom stereocenters. The Hall–Kier alpha value is -2.98. The minimum absolute atomic E-state index is 0.00153. The molecule has 5 amide bonds. The number of nitrogens with zero attached hydrogens (tertiary/aromatic N) is 1. The normalized spacial score (nSPS) is 32.9. The first-order valence-electron chi connectivity index (χ1n) is 20.0. The fourth-order valence-corrected chi connectivity index (χ4v) is 11.4. The molecule has 0 aromatic heterocycles. The SMILES string of the molecule is CCCC(NC(=O)[C@@H]1[C@@H]2[C@H](CN1C(=O)[C@@H](NC(=O)NC13CC4CC(CC(C4)C1)C3)C1CCCC1)C2(C)C)C(=O)C(=O)NCCC(=O)CC(C)(C)C. The number of urea groups is 1. The van der Waals surface area contributed by atoms with Crippen molar-refractivity contribution in [1.29, 1.82) is 0 Å². The fraction of sp³-hybridized carbons (Fsp3) is 0.850. The maximum atomic E-state index is 14.6. The number of carbonyl (C=O) groups is 6. The first kappa shape index (κ1) is 37.8. The molecule has 5 atom stereocenters. The fourth-order valence-electron chi connectivity index (χ4n) is 11.4. The molecule has 7 aliphatic rings. The van der Waals surface area contributed by atoms with Crippen molar-refractivity contribution in [3.05, 3.63) is 0 Å². The molecule has 284 valence electrons. The van der Waals surface area contributed by atoms with Gasteiger partial charge in [0, 0.05) is 31.5 Å². The molecule has 11 nitrogen and oxygen atoms in total. The van der Waals surface area contributed by atoms with E-state index in [1.165, 1.54) is 19.3 Å². The van der Waals surface area contributed by atoms with E-state index in [-0.39, 0.29) is 71.2 Å². The van der Waals surface area contributed by atoms with E-state index in [0.29, 0.717) is 37.1 Å². The largest absolute Gasteiger partial charge is 0.349 e. The van der Waals surface area contributed by atoms with Gasteiger partial charge in [-0.2, -0.15) is 0 Å². The summed E-state index contributed by atoms with van der Waals surface area (Å²) in [5.74, 6) is -0.104. The van der Waals surface area contributed by atoms with Crippen LogP contribution in [0.15, 0.2) is 0 Å². The summed E-state index contributed by atoms with van der Waals surface area (Å²) in [6, 6.07) is -2.83. The Balaban J connectivity index is 1.12. The number of hydrogen-bond acceptors (Lipinski definition) is 6. The van der Waals surface area contributed by atoms with Crippen LogP contribution in [0.3, 0.4) is 0 Å². The van der Waals surface area contributed by atoms with E-state index in [9.17, 15) is 28.8 Å². The predicted octanol–water partition coefficient (Wildman–Crippen LogP) is 4.66. The average molecular weight is 710 g/mol. The maximum absolute atomic E-state index is 14.6. The third kappa shape index (κ3) is 8.17. The first-order valence-corrected chi connectivity index (χ1v) is 20.0. The van der Waals surface area contributed by atoms with Crippen LogP contribution in [0.25, 0.3) is 0 Å². The molecule has 1 heterocycles. The Morgan fingerprint density at radius 3 is 2.06 bits per heavy atom. The van der Waals surface area contributed by atoms with Gasteiger partial charge in [-0.3, -0.25) is 24.0 Å². The van der Waals surface area contributed by atoms with Gasteiger partial charge in [0.15, 0.2) is 0 Å². The molecule has 7 fully saturated rings. The summed E-state index contributed by atoms with van der Waals surface area (Å²) < 4.78 is 0. The zero-order chi connectivity index (χ0) is 36.9. The number of carbonyl (C=O) groups excluding carboxylic acids is 6. The summed E-state index contributed by atoms with van der Waals surface area (Å²) in [4.78, 5) is 82.7. The molecule has 0 aromatic carbocycles. The van der Waals surface area contributed by atoms with Crippen LogP contribution in [-0.2, 0) is 24.0 Å². The van der Waals surface area contributed by atoms with Crippen molar-refractivity contribution in [2.45, 2.75) is 155 Å². The maximum Gasteiger partial charge on any atom is 0.315 e. The Morgan fingerprint density at radius 2 is 1.49 bits per heavy atom. The first-order chi connectivity index (χ1) is 24.0. The van der Waals surface area contributed by atoms with E-state index in [1.54, 1.807) is 4.90 Å². The molecule has 0 radical (unpaired) electrons. The van der Waals surface area contributed by atoms with Crippen molar-refractivity contribution < 1.29 is 28.8 Å². The van der Waals surface area contributed by atoms with Gasteiger partial charge in [0.05, 0.1) is 6.04 Å². The smallest absolute Gasteiger partial charge is 0.315 e. The van der Waals surface area contributed by atoms with Crippen molar-refractivity contribution in [1.82, 2.24) is 26.2 Å². The van der Waals surface area contributed by atoms with Crippen LogP contribution in [0.1, 0.15) is 131 Å². The third-order valence-electron chi connectivity index (χ3n) is 13.5. The zero-order valence-electron chi connectivity index (χ0n) is 31.9. The highest BCUT2D eigenvalue weighted by Gasteiger charge is 2.70. The summed E-state index contributed by atoms with van der Waals surface area (Å²) in [6.45, 7) is 12.5. The number of ketones is 2. The van der Waals surface area contributed by atoms with Gasteiger partial charge in [-0.15, -0.1) is 0 Å². The molecule has 4 N–H and O–H groups in total. The van der Waals surface area contributed by atoms with E-state index in [2.05, 4.69) is 35.1 Å². The lowest BCUT2D eigenvalue weighted by Gasteiger charge is -2.56. The van der Waals surface area contributed by atoms with Crippen LogP contribution in [0.5, 0.6) is 0 Å². The van der Waals surface area contributed by atoms with Gasteiger partial charge in [0.1, 0.15) is 17.9 Å². The number of hydrogen-bond donors (Lipinski definition) is 4. The summed E-state index contributed by atoms with van der Waals surface area (Å²) in [5, 5.41) is 12.0. The van der Waals surface area contributed by atoms with Gasteiger partial charge in [-0.25, -0.2) is 4.79 Å². The number of rotatable bonds is 14. The summed E-state index contributed by atoms with van der Waals surface area (Å²) in [6.07, 6.45) is 11.9. The standard InChI is InChI=1S/C40H63N5O6/c1-7-10-29(33(47)35(49)41-14-13-27(46)21-38(2,3)4)42-34(48)32-30-28(39(30,5)6)22-45(32)36(50)31(26-11-8-9-12-26)43-37(51)44-40-18-23-15-24(19-40)17-25(16-23)20-40/h23-26,28-32H,7-22H2,1-6H3,(H,41,49)(H,42,48)(H2,43,44,51)/t23?,24?,25?,28-,29?,30-,31-,32-,40?/m0/s1. The molecular weight excluding hydrogens is 646 g/mol. The van der Waals surface area contributed by atoms with Crippen LogP contribution in [0.4, 0.5) is 4.79 Å². The number of Topliss-reactive ketones (excluding diaryl/α,β-unsaturated/α-hetero) is 2. The molecule has 1 saturated heterocycles. The van der Waals surface area contributed by atoms with Gasteiger partial charge in [-0.05, 0) is 104 Å². The highest BCUT2D eigenvalue weighted by atomic mass is 16.2. The minimum atomic E-state index is -1.04. The van der Waals surface area contributed by atoms with Gasteiger partial charge in [0.25, 0.3) is 5.91 Å². The van der Waals surface area contributed by atoms with Gasteiger partial charge in [0.2, 0.25) is 17.6 Å². The van der Waals surface area contributed by atoms with Crippen LogP contribution in [0.2, 0.25) is 0 Å². The molecule has 0 aromatic rings. The molecule has 51 heavy (non-hydrogen) atoms. The topological polar surface area (TPSA) is 154 Å². The summed E-state index contributed by atoms with van der Waals surface area (Å²) >= 11 is 0. The van der Waals surface area contributed by atoms with Crippen molar-refractivity contribution in [3.8, 4) is 0 Å². The predicted molar refractivity (Wildman–Crippen MR) is 193 cm³/mol. The summed E-state index contributed by atoms with van der Waals surface area (Å²) in [7, 11) is 0. The Bertz CT molecular complexity index is 1360. The van der Waals surface area contributed by atoms with Crippen LogP contribution in [0, 0.1) is 46.3 Å². The second-order valence-corrected chi connectivity index (χ2v) is 19.2. The van der Waals surface area contributed by atoms with E-state index in [4.69, 9.17) is 0 Å². The molecule has 6 saturated carbocycles. The molecule has 7 rings (SSSR count). The lowest BCUT2D eigenvalue weighted by molar-refractivity contribution is -0.144. The van der Waals surface area contributed by atoms with Crippen LogP contribution < -0.4 is 21.3 Å². The van der Waals surface area contributed by atoms with Crippen LogP contribution >= 0.6 is 0 Å². The minimum Gasteiger partial charge on any atom is -0.349 e. The van der Waals surface area contributed by atoms with Crippen LogP contribution in [-0.4, -0.2) is 77.0 Å². The average Bonchev–Trinajstić information content (AvgIpc) is 3.46. The number of fused-ring (bicyclic) bond motifs is 1. The Morgan fingerprint density at radius 1 is 0.882 bits per heavy atom. The Labute approximate surface area is 304 Å². The highest BCUT2D eigenvalue weighted by Crippen LogP contribution is 2.65. The summed E-state index contributed by atoms with van der Waals surface area (Å²) in [5.41, 5.74) is -0.489. The van der Waals surface area contributed by atoms with Gasteiger partial charge in [-0.1, -0.05) is 60.8 Å². The molecule has 4 bridgehead atoms. The highest BCUT2D eigenvalue weighted by molar-refractivity contribution is 6.38. The number of piperidine rings is 1. The molecule has 0 spiro atoms. The molecular formula is C40H63N5O6. The lowest BCUT2D eigenvalue weighted by Crippen LogP contribution is -2.64. The molecule has 6 aliphatic carbocycles. The lowest BCUT2D eigenvalue weighted by atomic mass is 9.53. The van der Waals surface area contributed by atoms with Crippen molar-refractivity contribution in [2.75, 3.05) is 13.1 Å². The molecule has 1 aliphatic heterocycles. The van der Waals surface area contributed by atoms with Gasteiger partial charge >= 0.3 is 6.03 Å². The van der Waals surface area contributed by atoms with Gasteiger partial charge < -0.3 is 26.2 Å². The van der Waals surface area contributed by atoms with E-state index >= 15 is 0 Å². The van der Waals surface area contributed by atoms with Crippen molar-refractivity contribution >= 4 is 35.3 Å². The van der Waals surface area contributed by atoms with Crippen molar-refractivity contribution in [2.24, 2.45) is 46.3 Å². The van der Waals surface area contributed by atoms with Crippen molar-refractivity contribution in [3.63, 3.8) is 0 Å². The second-order valence-electron chi connectivity index (χ2n) is 19.2.